The Balaban J connectivity index is 1.60. The highest BCUT2D eigenvalue weighted by Crippen LogP contribution is 2.12. The van der Waals surface area contributed by atoms with E-state index < -0.39 is 0 Å². The van der Waals surface area contributed by atoms with E-state index in [-0.39, 0.29) is 23.7 Å². The van der Waals surface area contributed by atoms with Crippen molar-refractivity contribution < 1.29 is 14.3 Å². The van der Waals surface area contributed by atoms with Crippen molar-refractivity contribution in [2.24, 2.45) is 0 Å². The SMILES string of the molecule is CCCOC(=O)c1ccc(NC(=O)CCn2ncc(=O)c3ccccc32)cc1. The van der Waals surface area contributed by atoms with Gasteiger partial charge in [0.1, 0.15) is 0 Å². The van der Waals surface area contributed by atoms with Crippen LogP contribution < -0.4 is 10.7 Å². The summed E-state index contributed by atoms with van der Waals surface area (Å²) in [5.41, 5.74) is 1.58. The molecule has 1 aromatic heterocycles. The van der Waals surface area contributed by atoms with Gasteiger partial charge in [-0.1, -0.05) is 19.1 Å². The van der Waals surface area contributed by atoms with Crippen molar-refractivity contribution in [2.75, 3.05) is 11.9 Å². The number of carbonyl (C=O) groups is 2. The lowest BCUT2D eigenvalue weighted by Crippen LogP contribution is -2.18. The Bertz CT molecular complexity index is 1040. The van der Waals surface area contributed by atoms with Crippen molar-refractivity contribution in [3.05, 3.63) is 70.5 Å². The number of benzene rings is 2. The number of hydrogen-bond acceptors (Lipinski definition) is 5. The van der Waals surface area contributed by atoms with Crippen molar-refractivity contribution in [3.8, 4) is 0 Å². The summed E-state index contributed by atoms with van der Waals surface area (Å²) in [5.74, 6) is -0.568. The zero-order valence-electron chi connectivity index (χ0n) is 15.6. The number of amides is 1. The first kappa shape index (κ1) is 19.3. The molecule has 0 bridgehead atoms. The van der Waals surface area contributed by atoms with Gasteiger partial charge in [0.15, 0.2) is 0 Å². The molecule has 0 spiro atoms. The fourth-order valence-corrected chi connectivity index (χ4v) is 2.74. The third-order valence-electron chi connectivity index (χ3n) is 4.15. The quantitative estimate of drug-likeness (QED) is 0.638. The molecule has 3 aromatic rings. The van der Waals surface area contributed by atoms with E-state index in [1.165, 1.54) is 6.20 Å². The minimum atomic E-state index is -0.379. The zero-order valence-corrected chi connectivity index (χ0v) is 15.6. The Morgan fingerprint density at radius 1 is 1.11 bits per heavy atom. The number of aryl methyl sites for hydroxylation is 1. The Morgan fingerprint density at radius 3 is 2.61 bits per heavy atom. The smallest absolute Gasteiger partial charge is 0.338 e. The van der Waals surface area contributed by atoms with E-state index in [1.54, 1.807) is 47.1 Å². The van der Waals surface area contributed by atoms with Crippen LogP contribution in [0.1, 0.15) is 30.1 Å². The van der Waals surface area contributed by atoms with Gasteiger partial charge in [-0.3, -0.25) is 14.3 Å². The standard InChI is InChI=1S/C21H21N3O4/c1-2-13-28-21(27)15-7-9-16(10-8-15)23-20(26)11-12-24-18-6-4-3-5-17(18)19(25)14-22-24/h3-10,14H,2,11-13H2,1H3,(H,23,26). The van der Waals surface area contributed by atoms with Crippen LogP contribution in [0.2, 0.25) is 0 Å². The molecule has 1 N–H and O–H groups in total. The third kappa shape index (κ3) is 4.62. The fraction of sp³-hybridized carbons (Fsp3) is 0.238. The number of rotatable bonds is 7. The summed E-state index contributed by atoms with van der Waals surface area (Å²) >= 11 is 0. The maximum absolute atomic E-state index is 12.2. The van der Waals surface area contributed by atoms with Crippen molar-refractivity contribution in [1.29, 1.82) is 0 Å². The average molecular weight is 379 g/mol. The van der Waals surface area contributed by atoms with Crippen LogP contribution in [0.5, 0.6) is 0 Å². The van der Waals surface area contributed by atoms with Gasteiger partial charge in [-0.2, -0.15) is 5.10 Å². The van der Waals surface area contributed by atoms with E-state index in [2.05, 4.69) is 10.4 Å². The summed E-state index contributed by atoms with van der Waals surface area (Å²) in [4.78, 5) is 35.9. The number of carbonyl (C=O) groups excluding carboxylic acids is 2. The molecular formula is C21H21N3O4. The third-order valence-corrected chi connectivity index (χ3v) is 4.15. The minimum Gasteiger partial charge on any atom is -0.462 e. The zero-order chi connectivity index (χ0) is 19.9. The summed E-state index contributed by atoms with van der Waals surface area (Å²) in [6, 6.07) is 13.7. The maximum Gasteiger partial charge on any atom is 0.338 e. The molecule has 2 aromatic carbocycles. The Kier molecular flexibility index (Phi) is 6.16. The molecule has 1 amide bonds. The number of fused-ring (bicyclic) bond motifs is 1. The second-order valence-corrected chi connectivity index (χ2v) is 6.26. The maximum atomic E-state index is 12.2. The van der Waals surface area contributed by atoms with Crippen LogP contribution >= 0.6 is 0 Å². The lowest BCUT2D eigenvalue weighted by Gasteiger charge is -2.10. The summed E-state index contributed by atoms with van der Waals surface area (Å²) in [6.45, 7) is 2.65. The summed E-state index contributed by atoms with van der Waals surface area (Å²) in [6.07, 6.45) is 2.22. The molecule has 0 saturated heterocycles. The Hall–Kier alpha value is -3.48. The van der Waals surface area contributed by atoms with Crippen LogP contribution in [0.15, 0.2) is 59.5 Å². The molecule has 7 nitrogen and oxygen atoms in total. The topological polar surface area (TPSA) is 90.3 Å². The average Bonchev–Trinajstić information content (AvgIpc) is 2.72. The Morgan fingerprint density at radius 2 is 1.86 bits per heavy atom. The van der Waals surface area contributed by atoms with E-state index in [9.17, 15) is 14.4 Å². The van der Waals surface area contributed by atoms with Crippen LogP contribution in [0.4, 0.5) is 5.69 Å². The summed E-state index contributed by atoms with van der Waals surface area (Å²) in [7, 11) is 0. The number of nitrogens with zero attached hydrogens (tertiary/aromatic N) is 2. The van der Waals surface area contributed by atoms with Gasteiger partial charge >= 0.3 is 5.97 Å². The largest absolute Gasteiger partial charge is 0.462 e. The van der Waals surface area contributed by atoms with Crippen molar-refractivity contribution in [3.63, 3.8) is 0 Å². The number of nitrogens with one attached hydrogen (secondary N) is 1. The molecule has 0 aliphatic rings. The molecule has 0 fully saturated rings. The molecular weight excluding hydrogens is 358 g/mol. The number of para-hydroxylation sites is 1. The van der Waals surface area contributed by atoms with Gasteiger partial charge in [0.05, 0.1) is 30.4 Å². The Labute approximate surface area is 161 Å². The molecule has 28 heavy (non-hydrogen) atoms. The van der Waals surface area contributed by atoms with Gasteiger partial charge in [-0.25, -0.2) is 4.79 Å². The number of anilines is 1. The number of ether oxygens (including phenoxy) is 1. The lowest BCUT2D eigenvalue weighted by molar-refractivity contribution is -0.116. The van der Waals surface area contributed by atoms with Crippen LogP contribution in [0, 0.1) is 0 Å². The molecule has 0 aliphatic heterocycles. The van der Waals surface area contributed by atoms with E-state index in [4.69, 9.17) is 4.74 Å². The van der Waals surface area contributed by atoms with Gasteiger partial charge in [0.2, 0.25) is 11.3 Å². The van der Waals surface area contributed by atoms with Crippen LogP contribution in [0.3, 0.4) is 0 Å². The van der Waals surface area contributed by atoms with E-state index >= 15 is 0 Å². The minimum absolute atomic E-state index is 0.145. The molecule has 144 valence electrons. The predicted octanol–water partition coefficient (Wildman–Crippen LogP) is 2.99. The number of hydrogen-bond donors (Lipinski definition) is 1. The normalized spacial score (nSPS) is 10.6. The van der Waals surface area contributed by atoms with Gasteiger partial charge in [-0.05, 0) is 42.8 Å². The van der Waals surface area contributed by atoms with Gasteiger partial charge in [0.25, 0.3) is 0 Å². The molecule has 3 rings (SSSR count). The second-order valence-electron chi connectivity index (χ2n) is 6.26. The monoisotopic (exact) mass is 379 g/mol. The highest BCUT2D eigenvalue weighted by atomic mass is 16.5. The van der Waals surface area contributed by atoms with Crippen LogP contribution in [-0.4, -0.2) is 28.3 Å². The van der Waals surface area contributed by atoms with Crippen LogP contribution in [0.25, 0.3) is 10.9 Å². The van der Waals surface area contributed by atoms with Crippen molar-refractivity contribution in [1.82, 2.24) is 9.78 Å². The number of esters is 1. The van der Waals surface area contributed by atoms with E-state index in [0.29, 0.717) is 35.3 Å². The fourth-order valence-electron chi connectivity index (χ4n) is 2.74. The molecule has 1 heterocycles. The highest BCUT2D eigenvalue weighted by Gasteiger charge is 2.09. The molecule has 7 heteroatoms. The van der Waals surface area contributed by atoms with Crippen LogP contribution in [-0.2, 0) is 16.1 Å². The molecule has 0 unspecified atom stereocenters. The van der Waals surface area contributed by atoms with E-state index in [1.807, 2.05) is 13.0 Å². The van der Waals surface area contributed by atoms with Crippen molar-refractivity contribution >= 4 is 28.5 Å². The van der Waals surface area contributed by atoms with Crippen molar-refractivity contribution in [2.45, 2.75) is 26.3 Å². The van der Waals surface area contributed by atoms with Gasteiger partial charge < -0.3 is 10.1 Å². The summed E-state index contributed by atoms with van der Waals surface area (Å²) in [5, 5.41) is 7.47. The first-order valence-electron chi connectivity index (χ1n) is 9.10. The van der Waals surface area contributed by atoms with Gasteiger partial charge in [0, 0.05) is 17.5 Å². The second kappa shape index (κ2) is 8.94. The van der Waals surface area contributed by atoms with Gasteiger partial charge in [-0.15, -0.1) is 0 Å². The molecule has 0 saturated carbocycles. The van der Waals surface area contributed by atoms with E-state index in [0.717, 1.165) is 6.42 Å². The highest BCUT2D eigenvalue weighted by molar-refractivity contribution is 5.93. The molecule has 0 atom stereocenters. The first-order valence-corrected chi connectivity index (χ1v) is 9.10. The predicted molar refractivity (Wildman–Crippen MR) is 106 cm³/mol. The summed E-state index contributed by atoms with van der Waals surface area (Å²) < 4.78 is 6.71. The lowest BCUT2D eigenvalue weighted by atomic mass is 10.2. The number of aromatic nitrogens is 2. The first-order chi connectivity index (χ1) is 13.6. The molecule has 0 aliphatic carbocycles. The molecule has 0 radical (unpaired) electrons.